The van der Waals surface area contributed by atoms with E-state index in [0.717, 1.165) is 125 Å². The molecule has 0 bridgehead atoms. The topological polar surface area (TPSA) is 127 Å². The van der Waals surface area contributed by atoms with E-state index in [1.54, 1.807) is 6.20 Å². The number of carbonyl (C=O) groups excluding carboxylic acids is 1. The Bertz CT molecular complexity index is 2550. The second-order valence-corrected chi connectivity index (χ2v) is 14.5. The highest BCUT2D eigenvalue weighted by molar-refractivity contribution is 6.08. The van der Waals surface area contributed by atoms with Gasteiger partial charge in [0.25, 0.3) is 0 Å². The van der Waals surface area contributed by atoms with Gasteiger partial charge in [-0.05, 0) is 91.3 Å². The third-order valence-electron chi connectivity index (χ3n) is 11.2. The zero-order valence-electron chi connectivity index (χ0n) is 30.0. The van der Waals surface area contributed by atoms with Crippen LogP contribution < -0.4 is 9.80 Å². The quantitative estimate of drug-likeness (QED) is 0.147. The number of hydrogen-bond donors (Lipinski definition) is 3. The average molecular weight is 715 g/mol. The summed E-state index contributed by atoms with van der Waals surface area (Å²) in [5, 5.41) is 14.0. The van der Waals surface area contributed by atoms with Gasteiger partial charge in [0.05, 0.1) is 0 Å². The minimum absolute atomic E-state index is 0.207. The number of rotatable bonds is 6. The molecule has 8 aromatic rings. The number of nitrogens with one attached hydrogen (secondary N) is 2. The third-order valence-corrected chi connectivity index (χ3v) is 11.2. The number of hydrogen-bond acceptors (Lipinski definition) is 8. The second-order valence-electron chi connectivity index (χ2n) is 14.5. The zero-order valence-corrected chi connectivity index (χ0v) is 30.0. The highest BCUT2D eigenvalue weighted by atomic mass is 16.3. The molecule has 6 aromatic heterocycles. The molecule has 0 spiro atoms. The number of aliphatic hydroxyl groups is 1. The molecule has 3 N–H and O–H groups in total. The highest BCUT2D eigenvalue weighted by Crippen LogP contribution is 2.32. The number of carbonyl (C=O) groups is 1. The summed E-state index contributed by atoms with van der Waals surface area (Å²) in [5.41, 5.74) is 8.94. The number of benzene rings is 2. The Labute approximate surface area is 312 Å². The minimum atomic E-state index is 0.207. The lowest BCUT2D eigenvalue weighted by Crippen LogP contribution is -2.35. The van der Waals surface area contributed by atoms with Crippen LogP contribution in [0.4, 0.5) is 11.6 Å². The molecule has 2 saturated heterocycles. The van der Waals surface area contributed by atoms with Gasteiger partial charge in [-0.2, -0.15) is 0 Å². The molecule has 0 radical (unpaired) electrons. The molecule has 2 fully saturated rings. The molecule has 10 nitrogen and oxygen atoms in total. The van der Waals surface area contributed by atoms with Gasteiger partial charge in [-0.15, -0.1) is 0 Å². The van der Waals surface area contributed by atoms with Crippen LogP contribution in [0.1, 0.15) is 25.7 Å². The van der Waals surface area contributed by atoms with Gasteiger partial charge in [0, 0.05) is 131 Å². The molecule has 0 atom stereocenters. The highest BCUT2D eigenvalue weighted by Gasteiger charge is 2.21. The molecule has 0 saturated carbocycles. The molecule has 0 aliphatic carbocycles. The van der Waals surface area contributed by atoms with E-state index >= 15 is 0 Å². The number of aromatic nitrogens is 6. The minimum Gasteiger partial charge on any atom is -0.396 e. The van der Waals surface area contributed by atoms with Crippen molar-refractivity contribution in [2.75, 3.05) is 42.6 Å². The van der Waals surface area contributed by atoms with E-state index in [9.17, 15) is 9.90 Å². The molecule has 2 aromatic carbocycles. The Morgan fingerprint density at radius 2 is 1.06 bits per heavy atom. The number of nitrogens with zero attached hydrogens (tertiary/aromatic N) is 6. The number of aliphatic hydroxyl groups excluding tert-OH is 1. The summed E-state index contributed by atoms with van der Waals surface area (Å²) in [6.07, 6.45) is 16.3. The van der Waals surface area contributed by atoms with Crippen molar-refractivity contribution in [2.24, 2.45) is 11.8 Å². The van der Waals surface area contributed by atoms with E-state index in [4.69, 9.17) is 4.98 Å². The maximum Gasteiger partial charge on any atom is 0.128 e. The SMILES string of the molecule is O=CC1CCN(c2ccc(-c3ccc4c(c3)[nH]c3ccncc34)cn2)CC1.OCC1CCN(c2ccc(-c3ccc4c(c3)[nH]c3ccncc34)cn2)CC1. The smallest absolute Gasteiger partial charge is 0.128 e. The van der Waals surface area contributed by atoms with Gasteiger partial charge in [-0.1, -0.05) is 24.3 Å². The number of H-pyrrole nitrogens is 2. The van der Waals surface area contributed by atoms with Gasteiger partial charge in [0.15, 0.2) is 0 Å². The van der Waals surface area contributed by atoms with Crippen molar-refractivity contribution in [1.82, 2.24) is 29.9 Å². The van der Waals surface area contributed by atoms with Crippen LogP contribution in [0, 0.1) is 11.8 Å². The molecule has 270 valence electrons. The summed E-state index contributed by atoms with van der Waals surface area (Å²) in [7, 11) is 0. The molecule has 2 aliphatic rings. The Morgan fingerprint density at radius 3 is 1.50 bits per heavy atom. The summed E-state index contributed by atoms with van der Waals surface area (Å²) in [6.45, 7) is 4.02. The molecule has 0 amide bonds. The first-order valence-electron chi connectivity index (χ1n) is 18.8. The zero-order chi connectivity index (χ0) is 36.4. The van der Waals surface area contributed by atoms with Gasteiger partial charge in [-0.25, -0.2) is 9.97 Å². The molecule has 8 heterocycles. The Hall–Kier alpha value is -6.13. The van der Waals surface area contributed by atoms with E-state index in [2.05, 4.69) is 95.4 Å². The van der Waals surface area contributed by atoms with Crippen LogP contribution >= 0.6 is 0 Å². The van der Waals surface area contributed by atoms with Gasteiger partial charge in [0.1, 0.15) is 17.9 Å². The number of aromatic amines is 2. The monoisotopic (exact) mass is 714 g/mol. The first kappa shape index (κ1) is 33.7. The first-order valence-corrected chi connectivity index (χ1v) is 18.8. The fourth-order valence-electron chi connectivity index (χ4n) is 7.95. The maximum absolute atomic E-state index is 10.9. The van der Waals surface area contributed by atoms with Crippen LogP contribution in [0.25, 0.3) is 65.9 Å². The van der Waals surface area contributed by atoms with Crippen molar-refractivity contribution >= 4 is 61.5 Å². The van der Waals surface area contributed by atoms with E-state index < -0.39 is 0 Å². The van der Waals surface area contributed by atoms with Crippen molar-refractivity contribution < 1.29 is 9.90 Å². The van der Waals surface area contributed by atoms with Gasteiger partial charge >= 0.3 is 0 Å². The molecule has 2 aliphatic heterocycles. The summed E-state index contributed by atoms with van der Waals surface area (Å²) in [6, 6.07) is 25.4. The van der Waals surface area contributed by atoms with Gasteiger partial charge in [0.2, 0.25) is 0 Å². The lowest BCUT2D eigenvalue weighted by molar-refractivity contribution is -0.111. The van der Waals surface area contributed by atoms with Crippen molar-refractivity contribution in [2.45, 2.75) is 25.7 Å². The number of anilines is 2. The molecular weight excluding hydrogens is 673 g/mol. The maximum atomic E-state index is 10.9. The van der Waals surface area contributed by atoms with Gasteiger partial charge in [-0.3, -0.25) is 9.97 Å². The molecule has 0 unspecified atom stereocenters. The summed E-state index contributed by atoms with van der Waals surface area (Å²) in [4.78, 5) is 40.2. The normalized spacial score (nSPS) is 15.6. The average Bonchev–Trinajstić information content (AvgIpc) is 3.82. The molecular formula is C44H42N8O2. The first-order chi connectivity index (χ1) is 26.6. The van der Waals surface area contributed by atoms with Crippen LogP contribution in [-0.2, 0) is 4.79 Å². The molecule has 10 rings (SSSR count). The van der Waals surface area contributed by atoms with E-state index in [1.807, 2.05) is 43.1 Å². The number of pyridine rings is 4. The van der Waals surface area contributed by atoms with E-state index in [1.165, 1.54) is 10.8 Å². The summed E-state index contributed by atoms with van der Waals surface area (Å²) in [5.74, 6) is 2.66. The number of fused-ring (bicyclic) bond motifs is 6. The largest absolute Gasteiger partial charge is 0.396 e. The molecule has 54 heavy (non-hydrogen) atoms. The fraction of sp³-hybridized carbons (Fsp3) is 0.250. The molecule has 10 heteroatoms. The van der Waals surface area contributed by atoms with Crippen LogP contribution in [-0.4, -0.2) is 74.1 Å². The summed E-state index contributed by atoms with van der Waals surface area (Å²) >= 11 is 0. The van der Waals surface area contributed by atoms with Crippen LogP contribution in [0.3, 0.4) is 0 Å². The van der Waals surface area contributed by atoms with Gasteiger partial charge < -0.3 is 29.7 Å². The van der Waals surface area contributed by atoms with Crippen LogP contribution in [0.2, 0.25) is 0 Å². The predicted octanol–water partition coefficient (Wildman–Crippen LogP) is 8.18. The van der Waals surface area contributed by atoms with Crippen molar-refractivity contribution in [3.05, 3.63) is 110 Å². The fourth-order valence-corrected chi connectivity index (χ4v) is 7.95. The summed E-state index contributed by atoms with van der Waals surface area (Å²) < 4.78 is 0. The van der Waals surface area contributed by atoms with Crippen molar-refractivity contribution in [3.63, 3.8) is 0 Å². The Morgan fingerprint density at radius 1 is 0.574 bits per heavy atom. The van der Waals surface area contributed by atoms with Crippen molar-refractivity contribution in [3.8, 4) is 22.3 Å². The van der Waals surface area contributed by atoms with E-state index in [-0.39, 0.29) is 5.92 Å². The number of piperidine rings is 2. The standard InChI is InChI=1S/C22H22N4O.C22H20N4O/c2*27-14-15-6-9-26(10-7-15)22-4-2-17(12-24-22)16-1-3-18-19-13-23-8-5-20(19)25-21(18)11-16/h1-5,8,11-13,15,25,27H,6-7,9-10,14H2;1-5,8,11-15,25H,6-7,9-10H2. The van der Waals surface area contributed by atoms with Crippen LogP contribution in [0.15, 0.2) is 110 Å². The van der Waals surface area contributed by atoms with Crippen molar-refractivity contribution in [1.29, 1.82) is 0 Å². The third kappa shape index (κ3) is 6.65. The Kier molecular flexibility index (Phi) is 9.18. The van der Waals surface area contributed by atoms with Crippen LogP contribution in [0.5, 0.6) is 0 Å². The lowest BCUT2D eigenvalue weighted by Gasteiger charge is -2.32. The predicted molar refractivity (Wildman–Crippen MR) is 217 cm³/mol. The second kappa shape index (κ2) is 14.7. The van der Waals surface area contributed by atoms with E-state index in [0.29, 0.717) is 12.5 Å². The lowest BCUT2D eigenvalue weighted by atomic mass is 9.98. The number of aldehydes is 1. The Balaban J connectivity index is 0.000000142.